The number of hydrogen-bond donors (Lipinski definition) is 1. The maximum absolute atomic E-state index is 11.8. The van der Waals surface area contributed by atoms with Gasteiger partial charge < -0.3 is 9.64 Å². The van der Waals surface area contributed by atoms with Crippen molar-refractivity contribution < 1.29 is 9.53 Å². The Labute approximate surface area is 119 Å². The van der Waals surface area contributed by atoms with E-state index in [9.17, 15) is 4.79 Å². The highest BCUT2D eigenvalue weighted by Crippen LogP contribution is 2.38. The zero-order valence-electron chi connectivity index (χ0n) is 9.11. The average Bonchev–Trinajstić information content (AvgIpc) is 2.58. The number of ether oxygens (including phenoxy) is 1. The van der Waals surface area contributed by atoms with E-state index in [1.807, 2.05) is 0 Å². The van der Waals surface area contributed by atoms with Crippen LogP contribution in [-0.4, -0.2) is 24.8 Å². The lowest BCUT2D eigenvalue weighted by Crippen LogP contribution is -2.24. The van der Waals surface area contributed by atoms with Crippen LogP contribution in [0.1, 0.15) is 6.42 Å². The van der Waals surface area contributed by atoms with Crippen LogP contribution < -0.4 is 9.64 Å². The molecular weight excluding hydrogens is 326 g/mol. The largest absolute Gasteiger partial charge is 0.495 e. The molecule has 0 aromatic heterocycles. The van der Waals surface area contributed by atoms with E-state index in [0.29, 0.717) is 29.4 Å². The number of hydrogen-bond acceptors (Lipinski definition) is 3. The molecule has 1 saturated heterocycles. The molecule has 17 heavy (non-hydrogen) atoms. The SMILES string of the molecule is COc1cc(N2CC(S)CC2=O)c(Cl)cc1Br. The standard InChI is InChI=1S/C11H11BrClNO2S/c1-16-10-4-9(8(13)3-7(10)12)14-5-6(17)2-11(14)15/h3-4,6,17H,2,5H2,1H3. The Kier molecular flexibility index (Phi) is 3.90. The van der Waals surface area contributed by atoms with Gasteiger partial charge in [0.2, 0.25) is 5.91 Å². The molecule has 1 aromatic carbocycles. The van der Waals surface area contributed by atoms with Crippen molar-refractivity contribution in [2.24, 2.45) is 0 Å². The van der Waals surface area contributed by atoms with Gasteiger partial charge in [0.15, 0.2) is 0 Å². The lowest BCUT2D eigenvalue weighted by atomic mass is 10.2. The number of benzene rings is 1. The van der Waals surface area contributed by atoms with Gasteiger partial charge in [-0.15, -0.1) is 0 Å². The van der Waals surface area contributed by atoms with E-state index in [0.717, 1.165) is 4.47 Å². The highest BCUT2D eigenvalue weighted by atomic mass is 79.9. The average molecular weight is 337 g/mol. The lowest BCUT2D eigenvalue weighted by molar-refractivity contribution is -0.117. The van der Waals surface area contributed by atoms with Gasteiger partial charge >= 0.3 is 0 Å². The Morgan fingerprint density at radius 1 is 1.59 bits per heavy atom. The van der Waals surface area contributed by atoms with Crippen LogP contribution in [0.15, 0.2) is 16.6 Å². The van der Waals surface area contributed by atoms with E-state index in [4.69, 9.17) is 16.3 Å². The minimum absolute atomic E-state index is 0.0382. The zero-order chi connectivity index (χ0) is 12.6. The van der Waals surface area contributed by atoms with Gasteiger partial charge in [-0.25, -0.2) is 0 Å². The van der Waals surface area contributed by atoms with Gasteiger partial charge in [0.1, 0.15) is 5.75 Å². The summed E-state index contributed by atoms with van der Waals surface area (Å²) in [5, 5.41) is 0.585. The Morgan fingerprint density at radius 3 is 2.82 bits per heavy atom. The molecule has 1 aromatic rings. The van der Waals surface area contributed by atoms with Crippen LogP contribution in [0, 0.1) is 0 Å². The summed E-state index contributed by atoms with van der Waals surface area (Å²) >= 11 is 13.8. The molecule has 0 N–H and O–H groups in total. The first-order valence-corrected chi connectivity index (χ1v) is 6.73. The predicted octanol–water partition coefficient (Wildman–Crippen LogP) is 3.15. The minimum Gasteiger partial charge on any atom is -0.495 e. The second-order valence-electron chi connectivity index (χ2n) is 3.80. The normalized spacial score (nSPS) is 19.9. The number of thiol groups is 1. The van der Waals surface area contributed by atoms with Crippen LogP contribution in [0.5, 0.6) is 5.75 Å². The molecule has 0 radical (unpaired) electrons. The van der Waals surface area contributed by atoms with Crippen LogP contribution >= 0.6 is 40.2 Å². The quantitative estimate of drug-likeness (QED) is 0.841. The van der Waals surface area contributed by atoms with Crippen molar-refractivity contribution in [2.75, 3.05) is 18.6 Å². The summed E-state index contributed by atoms with van der Waals surface area (Å²) in [5.41, 5.74) is 0.674. The fraction of sp³-hybridized carbons (Fsp3) is 0.364. The maximum atomic E-state index is 11.8. The van der Waals surface area contributed by atoms with Crippen molar-refractivity contribution in [3.63, 3.8) is 0 Å². The Balaban J connectivity index is 2.41. The third kappa shape index (κ3) is 2.56. The van der Waals surface area contributed by atoms with Gasteiger partial charge in [-0.3, -0.25) is 4.79 Å². The molecule has 1 aliphatic rings. The molecule has 3 nitrogen and oxygen atoms in total. The third-order valence-corrected chi connectivity index (χ3v) is 3.88. The summed E-state index contributed by atoms with van der Waals surface area (Å²) < 4.78 is 5.97. The summed E-state index contributed by atoms with van der Waals surface area (Å²) in [6.07, 6.45) is 0.442. The van der Waals surface area contributed by atoms with Gasteiger partial charge in [-0.05, 0) is 22.0 Å². The van der Waals surface area contributed by atoms with Gasteiger partial charge in [0.05, 0.1) is 22.3 Å². The van der Waals surface area contributed by atoms with E-state index >= 15 is 0 Å². The maximum Gasteiger partial charge on any atom is 0.228 e. The van der Waals surface area contributed by atoms with Crippen LogP contribution in [0.25, 0.3) is 0 Å². The summed E-state index contributed by atoms with van der Waals surface area (Å²) in [4.78, 5) is 13.4. The van der Waals surface area contributed by atoms with Crippen LogP contribution in [-0.2, 0) is 4.79 Å². The van der Waals surface area contributed by atoms with Crippen LogP contribution in [0.3, 0.4) is 0 Å². The number of carbonyl (C=O) groups excluding carboxylic acids is 1. The van der Waals surface area contributed by atoms with Crippen LogP contribution in [0.4, 0.5) is 5.69 Å². The molecule has 1 heterocycles. The van der Waals surface area contributed by atoms with E-state index in [2.05, 4.69) is 28.6 Å². The van der Waals surface area contributed by atoms with Crippen molar-refractivity contribution in [1.82, 2.24) is 0 Å². The number of amides is 1. The van der Waals surface area contributed by atoms with Gasteiger partial charge in [-0.1, -0.05) is 11.6 Å². The highest BCUT2D eigenvalue weighted by molar-refractivity contribution is 9.10. The van der Waals surface area contributed by atoms with E-state index in [1.165, 1.54) is 0 Å². The number of methoxy groups -OCH3 is 1. The molecule has 0 saturated carbocycles. The fourth-order valence-electron chi connectivity index (χ4n) is 1.80. The highest BCUT2D eigenvalue weighted by Gasteiger charge is 2.30. The molecule has 0 aliphatic carbocycles. The summed E-state index contributed by atoms with van der Waals surface area (Å²) in [7, 11) is 1.57. The zero-order valence-corrected chi connectivity index (χ0v) is 12.3. The summed E-state index contributed by atoms with van der Waals surface area (Å²) in [5.74, 6) is 0.691. The number of nitrogens with zero attached hydrogens (tertiary/aromatic N) is 1. The number of rotatable bonds is 2. The molecule has 2 rings (SSSR count). The van der Waals surface area contributed by atoms with Gasteiger partial charge in [0, 0.05) is 24.3 Å². The molecule has 0 bridgehead atoms. The van der Waals surface area contributed by atoms with Crippen molar-refractivity contribution in [3.8, 4) is 5.75 Å². The molecule has 92 valence electrons. The van der Waals surface area contributed by atoms with Crippen molar-refractivity contribution in [1.29, 1.82) is 0 Å². The lowest BCUT2D eigenvalue weighted by Gasteiger charge is -2.19. The fourth-order valence-corrected chi connectivity index (χ4v) is 3.03. The monoisotopic (exact) mass is 335 g/mol. The van der Waals surface area contributed by atoms with Gasteiger partial charge in [0.25, 0.3) is 0 Å². The molecule has 1 aliphatic heterocycles. The molecule has 6 heteroatoms. The van der Waals surface area contributed by atoms with Crippen LogP contribution in [0.2, 0.25) is 5.02 Å². The molecule has 1 atom stereocenters. The Morgan fingerprint density at radius 2 is 2.29 bits per heavy atom. The predicted molar refractivity (Wildman–Crippen MR) is 75.4 cm³/mol. The second kappa shape index (κ2) is 5.08. The number of carbonyl (C=O) groups is 1. The van der Waals surface area contributed by atoms with Crippen molar-refractivity contribution in [3.05, 3.63) is 21.6 Å². The van der Waals surface area contributed by atoms with E-state index in [1.54, 1.807) is 24.1 Å². The van der Waals surface area contributed by atoms with Gasteiger partial charge in [-0.2, -0.15) is 12.6 Å². The first-order chi connectivity index (χ1) is 8.02. The third-order valence-electron chi connectivity index (χ3n) is 2.62. The molecule has 0 spiro atoms. The Bertz CT molecular complexity index is 469. The molecule has 1 fully saturated rings. The molecule has 1 amide bonds. The number of halogens is 2. The summed E-state index contributed by atoms with van der Waals surface area (Å²) in [6.45, 7) is 0.576. The smallest absolute Gasteiger partial charge is 0.228 e. The molecule has 1 unspecified atom stereocenters. The number of anilines is 1. The first kappa shape index (κ1) is 13.1. The first-order valence-electron chi connectivity index (χ1n) is 5.04. The van der Waals surface area contributed by atoms with Crippen molar-refractivity contribution in [2.45, 2.75) is 11.7 Å². The van der Waals surface area contributed by atoms with E-state index in [-0.39, 0.29) is 11.2 Å². The molecular formula is C11H11BrClNO2S. The Hall–Kier alpha value is -0.390. The minimum atomic E-state index is 0.0382. The van der Waals surface area contributed by atoms with Crippen molar-refractivity contribution >= 4 is 51.8 Å². The van der Waals surface area contributed by atoms with E-state index < -0.39 is 0 Å². The topological polar surface area (TPSA) is 29.5 Å². The summed E-state index contributed by atoms with van der Waals surface area (Å²) in [6, 6.07) is 3.49. The second-order valence-corrected chi connectivity index (χ2v) is 5.79.